The van der Waals surface area contributed by atoms with Crippen molar-refractivity contribution >= 4 is 5.69 Å². The Kier molecular flexibility index (Phi) is 4.63. The lowest BCUT2D eigenvalue weighted by Crippen LogP contribution is -2.29. The van der Waals surface area contributed by atoms with Gasteiger partial charge in [0.1, 0.15) is 17.3 Å². The fourth-order valence-corrected chi connectivity index (χ4v) is 3.07. The summed E-state index contributed by atoms with van der Waals surface area (Å²) in [6.45, 7) is 6.81. The summed E-state index contributed by atoms with van der Waals surface area (Å²) in [5.41, 5.74) is 6.61. The number of benzene rings is 1. The van der Waals surface area contributed by atoms with Crippen molar-refractivity contribution in [3.63, 3.8) is 0 Å². The SMILES string of the molecule is CCC(N)Cc1cc(F)c(N2CC(C)CC2C)c(F)c1. The van der Waals surface area contributed by atoms with Crippen LogP contribution in [0, 0.1) is 17.6 Å². The molecule has 1 heterocycles. The predicted octanol–water partition coefficient (Wildman–Crippen LogP) is 3.48. The molecule has 3 atom stereocenters. The van der Waals surface area contributed by atoms with Crippen molar-refractivity contribution < 1.29 is 8.78 Å². The van der Waals surface area contributed by atoms with E-state index in [0.717, 1.165) is 12.8 Å². The average molecular weight is 282 g/mol. The van der Waals surface area contributed by atoms with Gasteiger partial charge >= 0.3 is 0 Å². The Labute approximate surface area is 120 Å². The van der Waals surface area contributed by atoms with Crippen molar-refractivity contribution in [1.29, 1.82) is 0 Å². The van der Waals surface area contributed by atoms with Crippen LogP contribution in [0.1, 0.15) is 39.2 Å². The van der Waals surface area contributed by atoms with E-state index in [9.17, 15) is 8.78 Å². The molecule has 0 saturated carbocycles. The van der Waals surface area contributed by atoms with Gasteiger partial charge in [-0.3, -0.25) is 0 Å². The number of hydrogen-bond donors (Lipinski definition) is 1. The number of rotatable bonds is 4. The highest BCUT2D eigenvalue weighted by Gasteiger charge is 2.30. The molecule has 0 radical (unpaired) electrons. The fourth-order valence-electron chi connectivity index (χ4n) is 3.07. The van der Waals surface area contributed by atoms with E-state index in [-0.39, 0.29) is 17.8 Å². The van der Waals surface area contributed by atoms with E-state index in [1.165, 1.54) is 12.1 Å². The topological polar surface area (TPSA) is 29.3 Å². The van der Waals surface area contributed by atoms with E-state index < -0.39 is 11.6 Å². The monoisotopic (exact) mass is 282 g/mol. The minimum Gasteiger partial charge on any atom is -0.364 e. The summed E-state index contributed by atoms with van der Waals surface area (Å²) in [5.74, 6) is -0.467. The molecule has 1 aromatic carbocycles. The van der Waals surface area contributed by atoms with Gasteiger partial charge in [0.25, 0.3) is 0 Å². The third-order valence-electron chi connectivity index (χ3n) is 4.17. The Morgan fingerprint density at radius 2 is 1.90 bits per heavy atom. The zero-order valence-corrected chi connectivity index (χ0v) is 12.5. The molecule has 0 aromatic heterocycles. The van der Waals surface area contributed by atoms with Crippen molar-refractivity contribution in [2.75, 3.05) is 11.4 Å². The molecular formula is C16H24F2N2. The minimum absolute atomic E-state index is 0.0506. The van der Waals surface area contributed by atoms with E-state index in [1.54, 1.807) is 0 Å². The van der Waals surface area contributed by atoms with Crippen LogP contribution in [0.2, 0.25) is 0 Å². The zero-order chi connectivity index (χ0) is 14.9. The number of halogens is 2. The first-order valence-corrected chi connectivity index (χ1v) is 7.42. The molecule has 1 saturated heterocycles. The molecule has 0 bridgehead atoms. The lowest BCUT2D eigenvalue weighted by molar-refractivity contribution is 0.559. The van der Waals surface area contributed by atoms with Crippen LogP contribution in [-0.4, -0.2) is 18.6 Å². The van der Waals surface area contributed by atoms with Crippen molar-refractivity contribution in [2.24, 2.45) is 11.7 Å². The molecule has 0 amide bonds. The van der Waals surface area contributed by atoms with Crippen LogP contribution >= 0.6 is 0 Å². The van der Waals surface area contributed by atoms with Gasteiger partial charge in [-0.25, -0.2) is 8.78 Å². The molecule has 112 valence electrons. The number of anilines is 1. The molecule has 0 aliphatic carbocycles. The van der Waals surface area contributed by atoms with Crippen LogP contribution in [0.25, 0.3) is 0 Å². The standard InChI is InChI=1S/C16H24F2N2/c1-4-13(19)6-12-7-14(17)16(15(18)8-12)20-9-10(2)5-11(20)3/h7-8,10-11,13H,4-6,9,19H2,1-3H3. The quantitative estimate of drug-likeness (QED) is 0.916. The molecular weight excluding hydrogens is 258 g/mol. The largest absolute Gasteiger partial charge is 0.364 e. The summed E-state index contributed by atoms with van der Waals surface area (Å²) in [4.78, 5) is 1.85. The molecule has 4 heteroatoms. The molecule has 2 nitrogen and oxygen atoms in total. The highest BCUT2D eigenvalue weighted by molar-refractivity contribution is 5.52. The number of nitrogens with two attached hydrogens (primary N) is 1. The van der Waals surface area contributed by atoms with Crippen molar-refractivity contribution in [2.45, 2.75) is 52.1 Å². The maximum Gasteiger partial charge on any atom is 0.149 e. The first-order valence-electron chi connectivity index (χ1n) is 7.42. The molecule has 20 heavy (non-hydrogen) atoms. The van der Waals surface area contributed by atoms with Crippen molar-refractivity contribution in [3.05, 3.63) is 29.3 Å². The fraction of sp³-hybridized carbons (Fsp3) is 0.625. The summed E-state index contributed by atoms with van der Waals surface area (Å²) in [5, 5.41) is 0. The number of nitrogens with zero attached hydrogens (tertiary/aromatic N) is 1. The second kappa shape index (κ2) is 6.08. The molecule has 2 rings (SSSR count). The van der Waals surface area contributed by atoms with Crippen LogP contribution in [0.5, 0.6) is 0 Å². The van der Waals surface area contributed by atoms with E-state index in [4.69, 9.17) is 5.73 Å². The summed E-state index contributed by atoms with van der Waals surface area (Å²) in [6, 6.07) is 3.00. The van der Waals surface area contributed by atoms with Gasteiger partial charge < -0.3 is 10.6 Å². The second-order valence-corrected chi connectivity index (χ2v) is 6.12. The third-order valence-corrected chi connectivity index (χ3v) is 4.17. The lowest BCUT2D eigenvalue weighted by atomic mass is 10.0. The summed E-state index contributed by atoms with van der Waals surface area (Å²) >= 11 is 0. The summed E-state index contributed by atoms with van der Waals surface area (Å²) < 4.78 is 28.6. The van der Waals surface area contributed by atoms with E-state index in [0.29, 0.717) is 24.4 Å². The zero-order valence-electron chi connectivity index (χ0n) is 12.5. The van der Waals surface area contributed by atoms with Gasteiger partial charge in [0, 0.05) is 18.6 Å². The Morgan fingerprint density at radius 3 is 2.35 bits per heavy atom. The molecule has 0 spiro atoms. The third kappa shape index (κ3) is 3.11. The normalized spacial score (nSPS) is 24.2. The van der Waals surface area contributed by atoms with Crippen LogP contribution in [0.4, 0.5) is 14.5 Å². The minimum atomic E-state index is -0.468. The molecule has 1 aliphatic rings. The molecule has 1 fully saturated rings. The summed E-state index contributed by atoms with van der Waals surface area (Å²) in [7, 11) is 0. The molecule has 1 aliphatic heterocycles. The molecule has 1 aromatic rings. The van der Waals surface area contributed by atoms with Crippen LogP contribution in [0.15, 0.2) is 12.1 Å². The van der Waals surface area contributed by atoms with Crippen LogP contribution in [-0.2, 0) is 6.42 Å². The van der Waals surface area contributed by atoms with Crippen LogP contribution in [0.3, 0.4) is 0 Å². The van der Waals surface area contributed by atoms with Crippen molar-refractivity contribution in [3.8, 4) is 0 Å². The van der Waals surface area contributed by atoms with Crippen molar-refractivity contribution in [1.82, 2.24) is 0 Å². The van der Waals surface area contributed by atoms with Gasteiger partial charge in [-0.2, -0.15) is 0 Å². The van der Waals surface area contributed by atoms with Gasteiger partial charge in [-0.05, 0) is 49.8 Å². The van der Waals surface area contributed by atoms with Gasteiger partial charge in [0.2, 0.25) is 0 Å². The van der Waals surface area contributed by atoms with Gasteiger partial charge in [-0.15, -0.1) is 0 Å². The van der Waals surface area contributed by atoms with Crippen LogP contribution < -0.4 is 10.6 Å². The number of hydrogen-bond acceptors (Lipinski definition) is 2. The Hall–Kier alpha value is -1.16. The highest BCUT2D eigenvalue weighted by atomic mass is 19.1. The highest BCUT2D eigenvalue weighted by Crippen LogP contribution is 2.33. The van der Waals surface area contributed by atoms with E-state index in [2.05, 4.69) is 6.92 Å². The van der Waals surface area contributed by atoms with Gasteiger partial charge in [-0.1, -0.05) is 13.8 Å². The predicted molar refractivity (Wildman–Crippen MR) is 78.9 cm³/mol. The van der Waals surface area contributed by atoms with E-state index >= 15 is 0 Å². The average Bonchev–Trinajstić information content (AvgIpc) is 2.67. The Balaban J connectivity index is 2.27. The first-order chi connectivity index (χ1) is 9.42. The lowest BCUT2D eigenvalue weighted by Gasteiger charge is -2.25. The van der Waals surface area contributed by atoms with Gasteiger partial charge in [0.15, 0.2) is 0 Å². The maximum atomic E-state index is 14.3. The van der Waals surface area contributed by atoms with E-state index in [1.807, 2.05) is 18.7 Å². The Bertz CT molecular complexity index is 453. The smallest absolute Gasteiger partial charge is 0.149 e. The first kappa shape index (κ1) is 15.2. The molecule has 2 N–H and O–H groups in total. The summed E-state index contributed by atoms with van der Waals surface area (Å²) in [6.07, 6.45) is 2.28. The van der Waals surface area contributed by atoms with Gasteiger partial charge in [0.05, 0.1) is 0 Å². The maximum absolute atomic E-state index is 14.3. The Morgan fingerprint density at radius 1 is 1.30 bits per heavy atom. The molecule has 3 unspecified atom stereocenters. The second-order valence-electron chi connectivity index (χ2n) is 6.12.